The van der Waals surface area contributed by atoms with Gasteiger partial charge in [-0.15, -0.1) is 0 Å². The van der Waals surface area contributed by atoms with Crippen LogP contribution in [0.4, 0.5) is 0 Å². The van der Waals surface area contributed by atoms with Crippen LogP contribution in [-0.4, -0.2) is 44.0 Å². The summed E-state index contributed by atoms with van der Waals surface area (Å²) in [4.78, 5) is 13.4. The first-order valence-electron chi connectivity index (χ1n) is 5.19. The molecule has 2 atom stereocenters. The molecule has 14 heavy (non-hydrogen) atoms. The van der Waals surface area contributed by atoms with Gasteiger partial charge in [0.15, 0.2) is 0 Å². The fourth-order valence-electron chi connectivity index (χ4n) is 1.14. The fraction of sp³-hybridized carbons (Fsp3) is 0.900. The summed E-state index contributed by atoms with van der Waals surface area (Å²) in [6.07, 6.45) is 0.937. The van der Waals surface area contributed by atoms with E-state index in [-0.39, 0.29) is 17.9 Å². The van der Waals surface area contributed by atoms with Crippen LogP contribution in [0.2, 0.25) is 0 Å². The zero-order valence-corrected chi connectivity index (χ0v) is 9.71. The molecule has 0 bridgehead atoms. The first-order chi connectivity index (χ1) is 6.54. The number of nitrogens with one attached hydrogen (secondary N) is 1. The zero-order valence-electron chi connectivity index (χ0n) is 9.71. The van der Waals surface area contributed by atoms with Crippen LogP contribution in [-0.2, 0) is 4.79 Å². The van der Waals surface area contributed by atoms with Gasteiger partial charge < -0.3 is 16.0 Å². The maximum atomic E-state index is 11.7. The molecule has 4 heteroatoms. The van der Waals surface area contributed by atoms with Gasteiger partial charge in [0, 0.05) is 20.1 Å². The molecule has 1 amide bonds. The van der Waals surface area contributed by atoms with Gasteiger partial charge in [-0.25, -0.2) is 0 Å². The minimum Gasteiger partial charge on any atom is -0.343 e. The van der Waals surface area contributed by atoms with Crippen molar-refractivity contribution in [3.63, 3.8) is 0 Å². The van der Waals surface area contributed by atoms with Crippen LogP contribution < -0.4 is 11.1 Å². The summed E-state index contributed by atoms with van der Waals surface area (Å²) >= 11 is 0. The molecule has 0 fully saturated rings. The van der Waals surface area contributed by atoms with Gasteiger partial charge in [0.1, 0.15) is 0 Å². The molecule has 84 valence electrons. The lowest BCUT2D eigenvalue weighted by Crippen LogP contribution is -2.46. The number of hydrogen-bond donors (Lipinski definition) is 2. The molecule has 0 saturated carbocycles. The molecule has 0 spiro atoms. The lowest BCUT2D eigenvalue weighted by Gasteiger charge is -2.24. The highest BCUT2D eigenvalue weighted by atomic mass is 16.2. The minimum absolute atomic E-state index is 0.0367. The maximum absolute atomic E-state index is 11.7. The van der Waals surface area contributed by atoms with Crippen LogP contribution in [0.15, 0.2) is 0 Å². The summed E-state index contributed by atoms with van der Waals surface area (Å²) < 4.78 is 0. The predicted molar refractivity (Wildman–Crippen MR) is 59.0 cm³/mol. The Kier molecular flexibility index (Phi) is 6.49. The van der Waals surface area contributed by atoms with Gasteiger partial charge in [0.25, 0.3) is 0 Å². The minimum atomic E-state index is -0.359. The Bertz CT molecular complexity index is 173. The van der Waals surface area contributed by atoms with E-state index in [0.717, 1.165) is 13.0 Å². The van der Waals surface area contributed by atoms with Crippen molar-refractivity contribution < 1.29 is 4.79 Å². The van der Waals surface area contributed by atoms with E-state index in [4.69, 9.17) is 5.73 Å². The SMILES string of the molecule is CCC(C)C(N)C(=O)N(C)CCNC. The zero-order chi connectivity index (χ0) is 11.1. The first kappa shape index (κ1) is 13.4. The van der Waals surface area contributed by atoms with Gasteiger partial charge in [0.05, 0.1) is 6.04 Å². The Hall–Kier alpha value is -0.610. The molecule has 3 N–H and O–H groups in total. The van der Waals surface area contributed by atoms with Crippen molar-refractivity contribution in [3.8, 4) is 0 Å². The molecule has 0 heterocycles. The van der Waals surface area contributed by atoms with Crippen LogP contribution in [0.1, 0.15) is 20.3 Å². The van der Waals surface area contributed by atoms with Crippen LogP contribution in [0, 0.1) is 5.92 Å². The summed E-state index contributed by atoms with van der Waals surface area (Å²) in [6.45, 7) is 5.56. The standard InChI is InChI=1S/C10H23N3O/c1-5-8(2)9(11)10(14)13(4)7-6-12-3/h8-9,12H,5-7,11H2,1-4H3. The number of hydrogen-bond acceptors (Lipinski definition) is 3. The van der Waals surface area contributed by atoms with E-state index in [1.165, 1.54) is 0 Å². The highest BCUT2D eigenvalue weighted by molar-refractivity contribution is 5.81. The lowest BCUT2D eigenvalue weighted by molar-refractivity contribution is -0.132. The van der Waals surface area contributed by atoms with E-state index in [0.29, 0.717) is 6.54 Å². The quantitative estimate of drug-likeness (QED) is 0.638. The van der Waals surface area contributed by atoms with E-state index in [1.807, 2.05) is 20.9 Å². The number of likely N-dealkylation sites (N-methyl/N-ethyl adjacent to an activating group) is 2. The normalized spacial score (nSPS) is 14.9. The Balaban J connectivity index is 4.03. The lowest BCUT2D eigenvalue weighted by atomic mass is 9.99. The van der Waals surface area contributed by atoms with Crippen LogP contribution >= 0.6 is 0 Å². The number of amides is 1. The maximum Gasteiger partial charge on any atom is 0.239 e. The molecule has 0 aliphatic heterocycles. The van der Waals surface area contributed by atoms with Gasteiger partial charge in [-0.2, -0.15) is 0 Å². The summed E-state index contributed by atoms with van der Waals surface area (Å²) in [5.74, 6) is 0.286. The van der Waals surface area contributed by atoms with E-state index in [1.54, 1.807) is 11.9 Å². The molecule has 0 saturated heterocycles. The molecular weight excluding hydrogens is 178 g/mol. The van der Waals surface area contributed by atoms with Gasteiger partial charge in [0.2, 0.25) is 5.91 Å². The first-order valence-corrected chi connectivity index (χ1v) is 5.19. The molecule has 0 aliphatic carbocycles. The summed E-state index contributed by atoms with van der Waals surface area (Å²) in [5, 5.41) is 3.00. The Morgan fingerprint density at radius 3 is 2.57 bits per heavy atom. The summed E-state index contributed by atoms with van der Waals surface area (Å²) in [7, 11) is 3.66. The molecule has 0 aliphatic rings. The summed E-state index contributed by atoms with van der Waals surface area (Å²) in [5.41, 5.74) is 5.83. The molecule has 2 unspecified atom stereocenters. The fourth-order valence-corrected chi connectivity index (χ4v) is 1.14. The van der Waals surface area contributed by atoms with E-state index < -0.39 is 0 Å². The second-order valence-corrected chi connectivity index (χ2v) is 3.77. The third kappa shape index (κ3) is 4.07. The Morgan fingerprint density at radius 2 is 2.14 bits per heavy atom. The Labute approximate surface area is 86.8 Å². The number of carbonyl (C=O) groups excluding carboxylic acids is 1. The van der Waals surface area contributed by atoms with Crippen molar-refractivity contribution in [2.75, 3.05) is 27.2 Å². The molecule has 0 aromatic heterocycles. The van der Waals surface area contributed by atoms with Crippen molar-refractivity contribution in [2.45, 2.75) is 26.3 Å². The van der Waals surface area contributed by atoms with Crippen molar-refractivity contribution in [1.82, 2.24) is 10.2 Å². The van der Waals surface area contributed by atoms with Crippen LogP contribution in [0.5, 0.6) is 0 Å². The van der Waals surface area contributed by atoms with Gasteiger partial charge in [-0.1, -0.05) is 20.3 Å². The summed E-state index contributed by atoms with van der Waals surface area (Å²) in [6, 6.07) is -0.359. The molecule has 0 aromatic carbocycles. The average molecular weight is 201 g/mol. The molecule has 0 aromatic rings. The van der Waals surface area contributed by atoms with E-state index >= 15 is 0 Å². The van der Waals surface area contributed by atoms with Crippen molar-refractivity contribution >= 4 is 5.91 Å². The third-order valence-electron chi connectivity index (χ3n) is 2.62. The van der Waals surface area contributed by atoms with E-state index in [2.05, 4.69) is 5.32 Å². The van der Waals surface area contributed by atoms with Gasteiger partial charge in [-0.05, 0) is 13.0 Å². The largest absolute Gasteiger partial charge is 0.343 e. The monoisotopic (exact) mass is 201 g/mol. The second kappa shape index (κ2) is 6.79. The van der Waals surface area contributed by atoms with Crippen molar-refractivity contribution in [3.05, 3.63) is 0 Å². The highest BCUT2D eigenvalue weighted by Gasteiger charge is 2.22. The van der Waals surface area contributed by atoms with Gasteiger partial charge >= 0.3 is 0 Å². The number of nitrogens with zero attached hydrogens (tertiary/aromatic N) is 1. The Morgan fingerprint density at radius 1 is 1.57 bits per heavy atom. The number of rotatable bonds is 6. The predicted octanol–water partition coefficient (Wildman–Crippen LogP) is 0.0376. The third-order valence-corrected chi connectivity index (χ3v) is 2.62. The molecule has 0 rings (SSSR count). The van der Waals surface area contributed by atoms with E-state index in [9.17, 15) is 4.79 Å². The second-order valence-electron chi connectivity index (χ2n) is 3.77. The number of carbonyl (C=O) groups is 1. The topological polar surface area (TPSA) is 58.4 Å². The molecular formula is C10H23N3O. The van der Waals surface area contributed by atoms with Crippen molar-refractivity contribution in [1.29, 1.82) is 0 Å². The number of nitrogens with two attached hydrogens (primary N) is 1. The molecule has 4 nitrogen and oxygen atoms in total. The van der Waals surface area contributed by atoms with Crippen LogP contribution in [0.25, 0.3) is 0 Å². The van der Waals surface area contributed by atoms with Gasteiger partial charge in [-0.3, -0.25) is 4.79 Å². The smallest absolute Gasteiger partial charge is 0.239 e. The van der Waals surface area contributed by atoms with Crippen molar-refractivity contribution in [2.24, 2.45) is 11.7 Å². The average Bonchev–Trinajstić information content (AvgIpc) is 2.22. The molecule has 0 radical (unpaired) electrons. The highest BCUT2D eigenvalue weighted by Crippen LogP contribution is 2.07. The van der Waals surface area contributed by atoms with Crippen LogP contribution in [0.3, 0.4) is 0 Å².